The summed E-state index contributed by atoms with van der Waals surface area (Å²) in [5.74, 6) is -0.269. The van der Waals surface area contributed by atoms with E-state index in [-0.39, 0.29) is 19.1 Å². The monoisotopic (exact) mass is 339 g/mol. The van der Waals surface area contributed by atoms with Crippen LogP contribution < -0.4 is 0 Å². The van der Waals surface area contributed by atoms with E-state index in [9.17, 15) is 15.3 Å². The maximum Gasteiger partial charge on any atom is 0.186 e. The molecular formula is C15H21N3O6. The van der Waals surface area contributed by atoms with Crippen LogP contribution in [0.5, 0.6) is 0 Å². The molecule has 24 heavy (non-hydrogen) atoms. The van der Waals surface area contributed by atoms with Crippen molar-refractivity contribution in [1.29, 1.82) is 0 Å². The Morgan fingerprint density at radius 2 is 1.88 bits per heavy atom. The van der Waals surface area contributed by atoms with Gasteiger partial charge in [-0.15, -0.1) is 0 Å². The molecule has 1 fully saturated rings. The molecule has 1 unspecified atom stereocenters. The molecule has 1 aliphatic rings. The summed E-state index contributed by atoms with van der Waals surface area (Å²) < 4.78 is 10.8. The van der Waals surface area contributed by atoms with Crippen molar-refractivity contribution >= 4 is 0 Å². The fourth-order valence-corrected chi connectivity index (χ4v) is 2.53. The summed E-state index contributed by atoms with van der Waals surface area (Å²) in [4.78, 5) is 2.74. The lowest BCUT2D eigenvalue weighted by Gasteiger charge is -2.40. The topological polar surface area (TPSA) is 148 Å². The van der Waals surface area contributed by atoms with Crippen LogP contribution in [-0.2, 0) is 9.47 Å². The molecule has 0 spiro atoms. The van der Waals surface area contributed by atoms with E-state index in [0.717, 1.165) is 5.56 Å². The van der Waals surface area contributed by atoms with E-state index >= 15 is 0 Å². The second-order valence-corrected chi connectivity index (χ2v) is 5.55. The van der Waals surface area contributed by atoms with Crippen molar-refractivity contribution < 1.29 is 29.9 Å². The van der Waals surface area contributed by atoms with Gasteiger partial charge in [-0.25, -0.2) is 0 Å². The highest BCUT2D eigenvalue weighted by molar-refractivity contribution is 5.20. The predicted molar refractivity (Wildman–Crippen MR) is 82.9 cm³/mol. The van der Waals surface area contributed by atoms with Crippen LogP contribution in [-0.4, -0.2) is 70.9 Å². The van der Waals surface area contributed by atoms with Crippen LogP contribution >= 0.6 is 0 Å². The Hall–Kier alpha value is -1.71. The Kier molecular flexibility index (Phi) is 6.95. The maximum absolute atomic E-state index is 9.96. The van der Waals surface area contributed by atoms with Crippen molar-refractivity contribution in [2.24, 2.45) is 5.11 Å². The number of aliphatic hydroxyl groups is 4. The molecule has 9 heteroatoms. The van der Waals surface area contributed by atoms with Crippen LogP contribution in [0.1, 0.15) is 11.5 Å². The fourth-order valence-electron chi connectivity index (χ4n) is 2.53. The van der Waals surface area contributed by atoms with E-state index in [1.165, 1.54) is 0 Å². The zero-order chi connectivity index (χ0) is 17.5. The van der Waals surface area contributed by atoms with Crippen molar-refractivity contribution in [2.75, 3.05) is 19.8 Å². The molecule has 1 aromatic carbocycles. The molecule has 0 radical (unpaired) electrons. The summed E-state index contributed by atoms with van der Waals surface area (Å²) in [5.41, 5.74) is 9.40. The van der Waals surface area contributed by atoms with Gasteiger partial charge in [0, 0.05) is 17.4 Å². The molecule has 1 heterocycles. The van der Waals surface area contributed by atoms with E-state index in [4.69, 9.17) is 20.1 Å². The second-order valence-electron chi connectivity index (χ2n) is 5.55. The molecule has 1 saturated heterocycles. The van der Waals surface area contributed by atoms with Gasteiger partial charge in [-0.1, -0.05) is 35.4 Å². The minimum absolute atomic E-state index is 0.0612. The van der Waals surface area contributed by atoms with E-state index < -0.39 is 37.3 Å². The van der Waals surface area contributed by atoms with E-state index in [2.05, 4.69) is 10.0 Å². The molecule has 0 saturated carbocycles. The molecule has 0 aromatic heterocycles. The Labute approximate surface area is 138 Å². The highest BCUT2D eigenvalue weighted by Crippen LogP contribution is 2.24. The lowest BCUT2D eigenvalue weighted by Crippen LogP contribution is -2.59. The van der Waals surface area contributed by atoms with Crippen molar-refractivity contribution in [3.05, 3.63) is 46.3 Å². The maximum atomic E-state index is 9.96. The van der Waals surface area contributed by atoms with Gasteiger partial charge in [0.1, 0.15) is 24.4 Å². The number of aliphatic hydroxyl groups excluding tert-OH is 4. The van der Waals surface area contributed by atoms with E-state index in [1.54, 1.807) is 0 Å². The lowest BCUT2D eigenvalue weighted by atomic mass is 9.98. The van der Waals surface area contributed by atoms with Crippen molar-refractivity contribution in [3.8, 4) is 0 Å². The van der Waals surface area contributed by atoms with Crippen LogP contribution in [0.2, 0.25) is 0 Å². The van der Waals surface area contributed by atoms with Gasteiger partial charge in [-0.05, 0) is 11.1 Å². The average Bonchev–Trinajstić information content (AvgIpc) is 2.62. The summed E-state index contributed by atoms with van der Waals surface area (Å²) in [6, 6.07) is 9.24. The minimum atomic E-state index is -1.49. The number of nitrogens with zero attached hydrogens (tertiary/aromatic N) is 3. The van der Waals surface area contributed by atoms with E-state index in [0.29, 0.717) is 0 Å². The molecule has 2 rings (SSSR count). The molecule has 1 aromatic rings. The number of benzene rings is 1. The minimum Gasteiger partial charge on any atom is -0.394 e. The standard InChI is InChI=1S/C15H21N3O6/c16-18-17-6-10(9-4-2-1-3-5-9)8-23-15-14(22)13(21)12(20)11(7-19)24-15/h1-5,10-15,19-22H,6-8H2/t10?,11-,12-,13+,14-,15-/m1/s1. The van der Waals surface area contributed by atoms with Crippen LogP contribution in [0, 0.1) is 0 Å². The Balaban J connectivity index is 2.03. The smallest absolute Gasteiger partial charge is 0.186 e. The highest BCUT2D eigenvalue weighted by atomic mass is 16.7. The molecule has 0 aliphatic carbocycles. The first kappa shape index (κ1) is 18.6. The van der Waals surface area contributed by atoms with Gasteiger partial charge in [-0.2, -0.15) is 0 Å². The number of azide groups is 1. The second kappa shape index (κ2) is 8.95. The Bertz CT molecular complexity index is 551. The zero-order valence-corrected chi connectivity index (χ0v) is 12.9. The Morgan fingerprint density at radius 1 is 1.17 bits per heavy atom. The third-order valence-corrected chi connectivity index (χ3v) is 3.95. The fraction of sp³-hybridized carbons (Fsp3) is 0.600. The van der Waals surface area contributed by atoms with Gasteiger partial charge in [-0.3, -0.25) is 0 Å². The first-order chi connectivity index (χ1) is 11.6. The average molecular weight is 339 g/mol. The van der Waals surface area contributed by atoms with Crippen LogP contribution in [0.3, 0.4) is 0 Å². The summed E-state index contributed by atoms with van der Waals surface area (Å²) >= 11 is 0. The highest BCUT2D eigenvalue weighted by Gasteiger charge is 2.44. The van der Waals surface area contributed by atoms with Gasteiger partial charge >= 0.3 is 0 Å². The normalized spacial score (nSPS) is 31.2. The summed E-state index contributed by atoms with van der Waals surface area (Å²) in [6.07, 6.45) is -6.62. The van der Waals surface area contributed by atoms with Gasteiger partial charge in [0.05, 0.1) is 13.2 Å². The first-order valence-electron chi connectivity index (χ1n) is 7.56. The summed E-state index contributed by atoms with van der Waals surface area (Å²) in [6.45, 7) is -0.310. The third kappa shape index (κ3) is 4.43. The zero-order valence-electron chi connectivity index (χ0n) is 12.9. The molecule has 6 atom stereocenters. The van der Waals surface area contributed by atoms with Gasteiger partial charge in [0.2, 0.25) is 0 Å². The summed E-state index contributed by atoms with van der Waals surface area (Å²) in [7, 11) is 0. The molecule has 132 valence electrons. The SMILES string of the molecule is [N-]=[N+]=NCC(CO[C@@H]1O[C@H](CO)[C@@H](O)[C@H](O)[C@H]1O)c1ccccc1. The predicted octanol–water partition coefficient (Wildman–Crippen LogP) is -0.103. The number of ether oxygens (including phenoxy) is 2. The lowest BCUT2D eigenvalue weighted by molar-refractivity contribution is -0.301. The molecule has 1 aliphatic heterocycles. The number of hydrogen-bond acceptors (Lipinski definition) is 7. The molecule has 9 nitrogen and oxygen atoms in total. The molecule has 4 N–H and O–H groups in total. The van der Waals surface area contributed by atoms with Crippen molar-refractivity contribution in [2.45, 2.75) is 36.6 Å². The third-order valence-electron chi connectivity index (χ3n) is 3.95. The quantitative estimate of drug-likeness (QED) is 0.310. The van der Waals surface area contributed by atoms with Gasteiger partial charge < -0.3 is 29.9 Å². The number of hydrogen-bond donors (Lipinski definition) is 4. The first-order valence-corrected chi connectivity index (χ1v) is 7.56. The Morgan fingerprint density at radius 3 is 2.50 bits per heavy atom. The number of rotatable bonds is 7. The van der Waals surface area contributed by atoms with Gasteiger partial charge in [0.25, 0.3) is 0 Å². The van der Waals surface area contributed by atoms with Crippen LogP contribution in [0.15, 0.2) is 35.4 Å². The molecule has 0 amide bonds. The molecular weight excluding hydrogens is 318 g/mol. The van der Waals surface area contributed by atoms with Crippen LogP contribution in [0.25, 0.3) is 10.4 Å². The van der Waals surface area contributed by atoms with Gasteiger partial charge in [0.15, 0.2) is 6.29 Å². The van der Waals surface area contributed by atoms with E-state index in [1.807, 2.05) is 30.3 Å². The van der Waals surface area contributed by atoms with Crippen LogP contribution in [0.4, 0.5) is 0 Å². The largest absolute Gasteiger partial charge is 0.394 e. The summed E-state index contributed by atoms with van der Waals surface area (Å²) in [5, 5.41) is 42.2. The molecule has 0 bridgehead atoms. The van der Waals surface area contributed by atoms with Crippen molar-refractivity contribution in [1.82, 2.24) is 0 Å². The van der Waals surface area contributed by atoms with Crippen molar-refractivity contribution in [3.63, 3.8) is 0 Å².